The lowest BCUT2D eigenvalue weighted by molar-refractivity contribution is 0.0296. The Bertz CT molecular complexity index is 610. The van der Waals surface area contributed by atoms with Gasteiger partial charge in [0, 0.05) is 17.0 Å². The topological polar surface area (TPSA) is 67.8 Å². The molecule has 1 atom stereocenters. The average molecular weight is 349 g/mol. The average Bonchev–Trinajstić information content (AvgIpc) is 3.09. The van der Waals surface area contributed by atoms with Gasteiger partial charge in [-0.1, -0.05) is 6.07 Å². The highest BCUT2D eigenvalue weighted by Crippen LogP contribution is 2.22. The molecular weight excluding hydrogens is 326 g/mol. The number of ether oxygens (including phenoxy) is 2. The number of hydrogen-bond acceptors (Lipinski definition) is 5. The molecule has 0 aliphatic rings. The van der Waals surface area contributed by atoms with Crippen LogP contribution in [-0.4, -0.2) is 36.9 Å². The van der Waals surface area contributed by atoms with Crippen LogP contribution in [0.15, 0.2) is 41.8 Å². The summed E-state index contributed by atoms with van der Waals surface area (Å²) in [5.41, 5.74) is 0.568. The van der Waals surface area contributed by atoms with Gasteiger partial charge < -0.3 is 19.9 Å². The van der Waals surface area contributed by atoms with Gasteiger partial charge in [0.1, 0.15) is 11.9 Å². The molecule has 0 saturated heterocycles. The van der Waals surface area contributed by atoms with Crippen molar-refractivity contribution in [1.29, 1.82) is 0 Å². The normalized spacial score (nSPS) is 12.2. The van der Waals surface area contributed by atoms with E-state index < -0.39 is 0 Å². The number of benzene rings is 1. The number of thiophene rings is 1. The number of hydrogen-bond donors (Lipinski definition) is 2. The van der Waals surface area contributed by atoms with E-state index in [1.165, 1.54) is 0 Å². The van der Waals surface area contributed by atoms with Crippen LogP contribution in [0.1, 0.15) is 35.2 Å². The quantitative estimate of drug-likeness (QED) is 0.730. The second-order valence-electron chi connectivity index (χ2n) is 5.50. The zero-order valence-corrected chi connectivity index (χ0v) is 14.7. The third kappa shape index (κ3) is 5.63. The molecule has 2 aromatic rings. The maximum atomic E-state index is 12.3. The number of carbonyl (C=O) groups is 1. The molecule has 0 fully saturated rings. The Morgan fingerprint density at radius 1 is 1.25 bits per heavy atom. The lowest BCUT2D eigenvalue weighted by Gasteiger charge is -2.17. The van der Waals surface area contributed by atoms with Crippen LogP contribution < -0.4 is 10.1 Å². The van der Waals surface area contributed by atoms with Gasteiger partial charge in [0.2, 0.25) is 0 Å². The van der Waals surface area contributed by atoms with E-state index in [0.29, 0.717) is 12.1 Å². The monoisotopic (exact) mass is 349 g/mol. The van der Waals surface area contributed by atoms with Crippen molar-refractivity contribution >= 4 is 17.2 Å². The van der Waals surface area contributed by atoms with E-state index in [1.54, 1.807) is 35.6 Å². The van der Waals surface area contributed by atoms with Gasteiger partial charge in [0.05, 0.1) is 19.3 Å². The summed E-state index contributed by atoms with van der Waals surface area (Å²) in [7, 11) is 0. The molecule has 5 nitrogen and oxygen atoms in total. The fraction of sp³-hybridized carbons (Fsp3) is 0.389. The maximum Gasteiger partial charge on any atom is 0.251 e. The van der Waals surface area contributed by atoms with Crippen molar-refractivity contribution in [2.75, 3.05) is 19.8 Å². The van der Waals surface area contributed by atoms with Crippen molar-refractivity contribution in [2.24, 2.45) is 0 Å². The Hall–Kier alpha value is -1.89. The third-order valence-corrected chi connectivity index (χ3v) is 4.17. The summed E-state index contributed by atoms with van der Waals surface area (Å²) in [6.45, 7) is 4.45. The van der Waals surface area contributed by atoms with E-state index in [1.807, 2.05) is 31.4 Å². The van der Waals surface area contributed by atoms with Gasteiger partial charge in [-0.3, -0.25) is 4.79 Å². The van der Waals surface area contributed by atoms with Crippen molar-refractivity contribution in [3.8, 4) is 5.75 Å². The maximum absolute atomic E-state index is 12.3. The summed E-state index contributed by atoms with van der Waals surface area (Å²) < 4.78 is 11.2. The molecule has 0 radical (unpaired) electrons. The third-order valence-electron chi connectivity index (χ3n) is 3.21. The Labute approximate surface area is 146 Å². The van der Waals surface area contributed by atoms with Crippen molar-refractivity contribution in [3.63, 3.8) is 0 Å². The number of rotatable bonds is 9. The largest absolute Gasteiger partial charge is 0.491 e. The van der Waals surface area contributed by atoms with Gasteiger partial charge in [-0.15, -0.1) is 11.3 Å². The van der Waals surface area contributed by atoms with E-state index in [0.717, 1.165) is 10.6 Å². The zero-order chi connectivity index (χ0) is 17.4. The van der Waals surface area contributed by atoms with Gasteiger partial charge >= 0.3 is 0 Å². The number of aliphatic hydroxyl groups is 1. The van der Waals surface area contributed by atoms with Gasteiger partial charge in [0.15, 0.2) is 0 Å². The van der Waals surface area contributed by atoms with E-state index >= 15 is 0 Å². The van der Waals surface area contributed by atoms with Crippen molar-refractivity contribution in [1.82, 2.24) is 5.32 Å². The number of aliphatic hydroxyl groups excluding tert-OH is 1. The van der Waals surface area contributed by atoms with Crippen molar-refractivity contribution in [3.05, 3.63) is 52.2 Å². The number of carbonyl (C=O) groups excluding carboxylic acids is 1. The highest BCUT2D eigenvalue weighted by molar-refractivity contribution is 7.10. The minimum Gasteiger partial charge on any atom is -0.491 e. The molecule has 2 N–H and O–H groups in total. The van der Waals surface area contributed by atoms with Gasteiger partial charge in [-0.05, 0) is 49.6 Å². The molecule has 1 aromatic heterocycles. The minimum absolute atomic E-state index is 0.0485. The zero-order valence-electron chi connectivity index (χ0n) is 13.9. The highest BCUT2D eigenvalue weighted by atomic mass is 32.1. The van der Waals surface area contributed by atoms with Gasteiger partial charge in [-0.2, -0.15) is 0 Å². The highest BCUT2D eigenvalue weighted by Gasteiger charge is 2.15. The standard InChI is InChI=1S/C18H23NO4S/c1-13(2)23-15-7-5-14(6-8-15)18(21)19-12-16(22-10-9-20)17-4-3-11-24-17/h3-8,11,13,16,20H,9-10,12H2,1-2H3,(H,19,21). The first-order valence-corrected chi connectivity index (χ1v) is 8.79. The lowest BCUT2D eigenvalue weighted by Crippen LogP contribution is -2.29. The molecule has 0 saturated carbocycles. The van der Waals surface area contributed by atoms with Gasteiger partial charge in [0.25, 0.3) is 5.91 Å². The van der Waals surface area contributed by atoms with Crippen LogP contribution in [0.5, 0.6) is 5.75 Å². The summed E-state index contributed by atoms with van der Waals surface area (Å²) in [4.78, 5) is 13.3. The summed E-state index contributed by atoms with van der Waals surface area (Å²) in [5.74, 6) is 0.574. The van der Waals surface area contributed by atoms with Crippen LogP contribution in [0, 0.1) is 0 Å². The molecule has 1 heterocycles. The van der Waals surface area contributed by atoms with Crippen LogP contribution in [0.3, 0.4) is 0 Å². The van der Waals surface area contributed by atoms with E-state index in [2.05, 4.69) is 5.32 Å². The van der Waals surface area contributed by atoms with Crippen molar-refractivity contribution in [2.45, 2.75) is 26.1 Å². The van der Waals surface area contributed by atoms with Crippen LogP contribution in [0.25, 0.3) is 0 Å². The smallest absolute Gasteiger partial charge is 0.251 e. The molecule has 0 spiro atoms. The predicted octanol–water partition coefficient (Wildman–Crippen LogP) is 3.02. The molecule has 1 amide bonds. The molecule has 24 heavy (non-hydrogen) atoms. The van der Waals surface area contributed by atoms with E-state index in [-0.39, 0.29) is 31.3 Å². The molecule has 0 bridgehead atoms. The predicted molar refractivity (Wildman–Crippen MR) is 94.6 cm³/mol. The first-order chi connectivity index (χ1) is 11.6. The lowest BCUT2D eigenvalue weighted by atomic mass is 10.2. The SMILES string of the molecule is CC(C)Oc1ccc(C(=O)NCC(OCCO)c2cccs2)cc1. The molecule has 2 rings (SSSR count). The Morgan fingerprint density at radius 3 is 2.58 bits per heavy atom. The first kappa shape index (κ1) is 18.4. The number of nitrogens with one attached hydrogen (secondary N) is 1. The molecule has 6 heteroatoms. The Kier molecular flexibility index (Phi) is 7.24. The molecular formula is C18H23NO4S. The molecule has 1 unspecified atom stereocenters. The second kappa shape index (κ2) is 9.42. The molecule has 1 aromatic carbocycles. The van der Waals surface area contributed by atoms with Gasteiger partial charge in [-0.25, -0.2) is 0 Å². The van der Waals surface area contributed by atoms with E-state index in [4.69, 9.17) is 14.6 Å². The molecule has 0 aliphatic carbocycles. The summed E-state index contributed by atoms with van der Waals surface area (Å²) in [6.07, 6.45) is -0.162. The summed E-state index contributed by atoms with van der Waals surface area (Å²) in [5, 5.41) is 13.8. The van der Waals surface area contributed by atoms with Crippen LogP contribution >= 0.6 is 11.3 Å². The van der Waals surface area contributed by atoms with Crippen molar-refractivity contribution < 1.29 is 19.4 Å². The molecule has 0 aliphatic heterocycles. The Balaban J connectivity index is 1.92. The summed E-state index contributed by atoms with van der Waals surface area (Å²) in [6, 6.07) is 10.9. The fourth-order valence-electron chi connectivity index (χ4n) is 2.16. The Morgan fingerprint density at radius 2 is 2.00 bits per heavy atom. The molecule has 130 valence electrons. The second-order valence-corrected chi connectivity index (χ2v) is 6.48. The minimum atomic E-state index is -0.260. The first-order valence-electron chi connectivity index (χ1n) is 7.91. The fourth-order valence-corrected chi connectivity index (χ4v) is 2.93. The number of amides is 1. The van der Waals surface area contributed by atoms with Crippen LogP contribution in [0.4, 0.5) is 0 Å². The van der Waals surface area contributed by atoms with E-state index in [9.17, 15) is 4.79 Å². The summed E-state index contributed by atoms with van der Waals surface area (Å²) >= 11 is 1.56. The van der Waals surface area contributed by atoms with Crippen LogP contribution in [-0.2, 0) is 4.74 Å². The van der Waals surface area contributed by atoms with Crippen LogP contribution in [0.2, 0.25) is 0 Å².